The van der Waals surface area contributed by atoms with Gasteiger partial charge in [0.1, 0.15) is 5.70 Å². The molecule has 0 rings (SSSR count). The fraction of sp³-hybridized carbons (Fsp3) is 0.750. The average Bonchev–Trinajstić information content (AvgIpc) is 2.15. The predicted octanol–water partition coefficient (Wildman–Crippen LogP) is 2.43. The number of rotatable bonds is 4. The Morgan fingerprint density at radius 1 is 1.27 bits per heavy atom. The minimum Gasteiger partial charge on any atom is -0.464 e. The quantitative estimate of drug-likeness (QED) is 0.530. The highest BCUT2D eigenvalue weighted by atomic mass is 16.5. The normalized spacial score (nSPS) is 12.5. The van der Waals surface area contributed by atoms with E-state index in [2.05, 4.69) is 20.8 Å². The van der Waals surface area contributed by atoms with Crippen molar-refractivity contribution in [3.8, 4) is 0 Å². The molecular weight excluding hydrogens is 190 g/mol. The van der Waals surface area contributed by atoms with Gasteiger partial charge in [0.2, 0.25) is 0 Å². The maximum atomic E-state index is 11.6. The van der Waals surface area contributed by atoms with E-state index in [1.54, 1.807) is 0 Å². The molecule has 0 aromatic heterocycles. The van der Waals surface area contributed by atoms with Gasteiger partial charge in [-0.3, -0.25) is 0 Å². The van der Waals surface area contributed by atoms with Crippen molar-refractivity contribution in [2.24, 2.45) is 5.41 Å². The number of allylic oxidation sites excluding steroid dienone is 1. The molecular formula is C12H23NO2. The molecule has 88 valence electrons. The summed E-state index contributed by atoms with van der Waals surface area (Å²) in [7, 11) is 1.42. The van der Waals surface area contributed by atoms with Crippen LogP contribution in [0.5, 0.6) is 0 Å². The first-order chi connectivity index (χ1) is 6.85. The van der Waals surface area contributed by atoms with Gasteiger partial charge in [-0.2, -0.15) is 0 Å². The fourth-order valence-corrected chi connectivity index (χ4v) is 1.36. The van der Waals surface area contributed by atoms with E-state index in [1.807, 2.05) is 24.8 Å². The maximum Gasteiger partial charge on any atom is 0.354 e. The second-order valence-corrected chi connectivity index (χ2v) is 4.56. The Morgan fingerprint density at radius 3 is 2.00 bits per heavy atom. The Balaban J connectivity index is 5.04. The lowest BCUT2D eigenvalue weighted by Crippen LogP contribution is -2.29. The SMILES string of the molecule is CCN(CC)C(=CC(C)(C)C)C(=O)OC. The first-order valence-electron chi connectivity index (χ1n) is 5.41. The van der Waals surface area contributed by atoms with Crippen LogP contribution < -0.4 is 0 Å². The first kappa shape index (κ1) is 14.0. The summed E-state index contributed by atoms with van der Waals surface area (Å²) >= 11 is 0. The third-order valence-electron chi connectivity index (χ3n) is 2.07. The summed E-state index contributed by atoms with van der Waals surface area (Å²) in [4.78, 5) is 13.6. The average molecular weight is 213 g/mol. The Hall–Kier alpha value is -0.990. The molecule has 0 saturated heterocycles. The highest BCUT2D eigenvalue weighted by Crippen LogP contribution is 2.20. The van der Waals surface area contributed by atoms with Crippen LogP contribution in [0.4, 0.5) is 0 Å². The van der Waals surface area contributed by atoms with Crippen molar-refractivity contribution in [1.82, 2.24) is 4.90 Å². The van der Waals surface area contributed by atoms with E-state index < -0.39 is 0 Å². The molecule has 3 nitrogen and oxygen atoms in total. The van der Waals surface area contributed by atoms with Gasteiger partial charge in [-0.1, -0.05) is 20.8 Å². The molecule has 15 heavy (non-hydrogen) atoms. The van der Waals surface area contributed by atoms with Crippen LogP contribution >= 0.6 is 0 Å². The van der Waals surface area contributed by atoms with Crippen molar-refractivity contribution in [3.63, 3.8) is 0 Å². The number of carbonyl (C=O) groups is 1. The zero-order valence-electron chi connectivity index (χ0n) is 10.8. The van der Waals surface area contributed by atoms with Crippen LogP contribution in [0, 0.1) is 5.41 Å². The van der Waals surface area contributed by atoms with Gasteiger partial charge < -0.3 is 9.64 Å². The lowest BCUT2D eigenvalue weighted by Gasteiger charge is -2.25. The van der Waals surface area contributed by atoms with Crippen LogP contribution in [0.3, 0.4) is 0 Å². The van der Waals surface area contributed by atoms with Crippen LogP contribution in [0.1, 0.15) is 34.6 Å². The number of esters is 1. The Morgan fingerprint density at radius 2 is 1.73 bits per heavy atom. The highest BCUT2D eigenvalue weighted by Gasteiger charge is 2.19. The predicted molar refractivity (Wildman–Crippen MR) is 62.5 cm³/mol. The summed E-state index contributed by atoms with van der Waals surface area (Å²) in [6, 6.07) is 0. The molecule has 0 heterocycles. The molecule has 0 atom stereocenters. The largest absolute Gasteiger partial charge is 0.464 e. The lowest BCUT2D eigenvalue weighted by atomic mass is 9.95. The molecule has 0 aliphatic rings. The molecule has 0 amide bonds. The second-order valence-electron chi connectivity index (χ2n) is 4.56. The van der Waals surface area contributed by atoms with Gasteiger partial charge in [0, 0.05) is 13.1 Å². The van der Waals surface area contributed by atoms with Crippen molar-refractivity contribution < 1.29 is 9.53 Å². The summed E-state index contributed by atoms with van der Waals surface area (Å²) in [6.07, 6.45) is 1.96. The minimum atomic E-state index is -0.256. The summed E-state index contributed by atoms with van der Waals surface area (Å²) in [6.45, 7) is 11.9. The monoisotopic (exact) mass is 213 g/mol. The summed E-state index contributed by atoms with van der Waals surface area (Å²) in [5.41, 5.74) is 0.640. The van der Waals surface area contributed by atoms with Crippen molar-refractivity contribution >= 4 is 5.97 Å². The molecule has 0 spiro atoms. The zero-order valence-corrected chi connectivity index (χ0v) is 10.8. The molecule has 0 aliphatic carbocycles. The number of hydrogen-bond donors (Lipinski definition) is 0. The number of ether oxygens (including phenoxy) is 1. The molecule has 0 aliphatic heterocycles. The van der Waals surface area contributed by atoms with Crippen LogP contribution in [0.15, 0.2) is 11.8 Å². The summed E-state index contributed by atoms with van der Waals surface area (Å²) in [5, 5.41) is 0. The molecule has 0 saturated carbocycles. The zero-order chi connectivity index (χ0) is 12.1. The number of hydrogen-bond acceptors (Lipinski definition) is 3. The topological polar surface area (TPSA) is 29.5 Å². The van der Waals surface area contributed by atoms with Crippen molar-refractivity contribution in [2.75, 3.05) is 20.2 Å². The number of carbonyl (C=O) groups excluding carboxylic acids is 1. The van der Waals surface area contributed by atoms with Gasteiger partial charge in [0.05, 0.1) is 7.11 Å². The van der Waals surface area contributed by atoms with E-state index in [4.69, 9.17) is 4.74 Å². The third kappa shape index (κ3) is 4.86. The fourth-order valence-electron chi connectivity index (χ4n) is 1.36. The summed E-state index contributed by atoms with van der Waals surface area (Å²) in [5.74, 6) is -0.256. The van der Waals surface area contributed by atoms with Crippen molar-refractivity contribution in [1.29, 1.82) is 0 Å². The Bertz CT molecular complexity index is 234. The molecule has 0 fully saturated rings. The maximum absolute atomic E-state index is 11.6. The summed E-state index contributed by atoms with van der Waals surface area (Å²) < 4.78 is 4.79. The van der Waals surface area contributed by atoms with E-state index in [9.17, 15) is 4.79 Å². The van der Waals surface area contributed by atoms with Crippen LogP contribution in [-0.2, 0) is 9.53 Å². The third-order valence-corrected chi connectivity index (χ3v) is 2.07. The van der Waals surface area contributed by atoms with Crippen LogP contribution in [0.2, 0.25) is 0 Å². The van der Waals surface area contributed by atoms with E-state index in [0.29, 0.717) is 5.70 Å². The van der Waals surface area contributed by atoms with Gasteiger partial charge in [-0.25, -0.2) is 4.79 Å². The standard InChI is InChI=1S/C12H23NO2/c1-7-13(8-2)10(11(14)15-6)9-12(3,4)5/h9H,7-8H2,1-6H3. The van der Waals surface area contributed by atoms with E-state index in [0.717, 1.165) is 13.1 Å². The first-order valence-corrected chi connectivity index (χ1v) is 5.41. The number of methoxy groups -OCH3 is 1. The van der Waals surface area contributed by atoms with Gasteiger partial charge in [-0.05, 0) is 25.3 Å². The molecule has 0 N–H and O–H groups in total. The number of nitrogens with zero attached hydrogens (tertiary/aromatic N) is 1. The second kappa shape index (κ2) is 5.79. The van der Waals surface area contributed by atoms with E-state index in [1.165, 1.54) is 7.11 Å². The lowest BCUT2D eigenvalue weighted by molar-refractivity contribution is -0.138. The molecule has 0 radical (unpaired) electrons. The van der Waals surface area contributed by atoms with Gasteiger partial charge in [0.15, 0.2) is 0 Å². The van der Waals surface area contributed by atoms with Crippen LogP contribution in [0.25, 0.3) is 0 Å². The Labute approximate surface area is 93.1 Å². The smallest absolute Gasteiger partial charge is 0.354 e. The molecule has 0 bridgehead atoms. The van der Waals surface area contributed by atoms with Gasteiger partial charge in [0.25, 0.3) is 0 Å². The van der Waals surface area contributed by atoms with Gasteiger partial charge >= 0.3 is 5.97 Å². The molecule has 0 unspecified atom stereocenters. The Kier molecular flexibility index (Phi) is 5.40. The number of likely N-dealkylation sites (N-methyl/N-ethyl adjacent to an activating group) is 1. The van der Waals surface area contributed by atoms with E-state index >= 15 is 0 Å². The molecule has 0 aromatic carbocycles. The highest BCUT2D eigenvalue weighted by molar-refractivity contribution is 5.87. The molecule has 3 heteroatoms. The van der Waals surface area contributed by atoms with E-state index in [-0.39, 0.29) is 11.4 Å². The van der Waals surface area contributed by atoms with Crippen LogP contribution in [-0.4, -0.2) is 31.1 Å². The molecule has 0 aromatic rings. The van der Waals surface area contributed by atoms with Crippen molar-refractivity contribution in [2.45, 2.75) is 34.6 Å². The van der Waals surface area contributed by atoms with Crippen molar-refractivity contribution in [3.05, 3.63) is 11.8 Å². The van der Waals surface area contributed by atoms with Gasteiger partial charge in [-0.15, -0.1) is 0 Å². The minimum absolute atomic E-state index is 0.0217.